The zero-order chi connectivity index (χ0) is 18.6. The van der Waals surface area contributed by atoms with Gasteiger partial charge in [-0.2, -0.15) is 5.10 Å². The van der Waals surface area contributed by atoms with Crippen molar-refractivity contribution in [2.24, 2.45) is 10.1 Å². The summed E-state index contributed by atoms with van der Waals surface area (Å²) in [6.07, 6.45) is 3.39. The van der Waals surface area contributed by atoms with Gasteiger partial charge in [-0.25, -0.2) is 9.38 Å². The quantitative estimate of drug-likeness (QED) is 0.763. The van der Waals surface area contributed by atoms with Crippen molar-refractivity contribution in [3.63, 3.8) is 0 Å². The van der Waals surface area contributed by atoms with Gasteiger partial charge >= 0.3 is 0 Å². The van der Waals surface area contributed by atoms with E-state index in [4.69, 9.17) is 4.74 Å². The van der Waals surface area contributed by atoms with Crippen LogP contribution in [0.25, 0.3) is 0 Å². The molecule has 1 aliphatic heterocycles. The van der Waals surface area contributed by atoms with E-state index in [1.165, 1.54) is 12.1 Å². The van der Waals surface area contributed by atoms with E-state index in [-0.39, 0.29) is 5.82 Å². The number of hydrazone groups is 1. The molecular weight excluding hydrogens is 343 g/mol. The van der Waals surface area contributed by atoms with Gasteiger partial charge in [0.2, 0.25) is 0 Å². The fraction of sp³-hybridized carbons (Fsp3) is 0.0952. The van der Waals surface area contributed by atoms with Gasteiger partial charge in [0.15, 0.2) is 5.84 Å². The highest BCUT2D eigenvalue weighted by Gasteiger charge is 2.18. The van der Waals surface area contributed by atoms with Crippen molar-refractivity contribution in [3.05, 3.63) is 89.5 Å². The Morgan fingerprint density at radius 2 is 1.89 bits per heavy atom. The Kier molecular flexibility index (Phi) is 4.61. The fourth-order valence-electron chi connectivity index (χ4n) is 2.84. The van der Waals surface area contributed by atoms with Crippen LogP contribution < -0.4 is 10.2 Å². The van der Waals surface area contributed by atoms with Crippen LogP contribution in [-0.4, -0.2) is 23.1 Å². The van der Waals surface area contributed by atoms with Crippen molar-refractivity contribution < 1.29 is 9.13 Å². The summed E-state index contributed by atoms with van der Waals surface area (Å²) in [5.41, 5.74) is 6.48. The number of aromatic nitrogens is 1. The zero-order valence-electron chi connectivity index (χ0n) is 14.7. The molecule has 0 bridgehead atoms. The summed E-state index contributed by atoms with van der Waals surface area (Å²) < 4.78 is 19.4. The van der Waals surface area contributed by atoms with Gasteiger partial charge in [-0.05, 0) is 61.5 Å². The number of nitrogens with one attached hydrogen (secondary N) is 1. The number of rotatable bonds is 4. The fourth-order valence-corrected chi connectivity index (χ4v) is 2.84. The minimum Gasteiger partial charge on any atom is -0.494 e. The van der Waals surface area contributed by atoms with Gasteiger partial charge in [0.1, 0.15) is 17.3 Å². The Hall–Kier alpha value is -3.54. The van der Waals surface area contributed by atoms with E-state index in [0.717, 1.165) is 16.9 Å². The molecule has 0 unspecified atom stereocenters. The van der Waals surface area contributed by atoms with Gasteiger partial charge in [0.25, 0.3) is 0 Å². The summed E-state index contributed by atoms with van der Waals surface area (Å²) in [4.78, 5) is 8.75. The molecule has 2 heterocycles. The number of halogens is 1. The molecule has 4 rings (SSSR count). The first-order valence-corrected chi connectivity index (χ1v) is 8.60. The van der Waals surface area contributed by atoms with Crippen LogP contribution in [0.4, 0.5) is 10.1 Å². The summed E-state index contributed by atoms with van der Waals surface area (Å²) in [6, 6.07) is 15.7. The van der Waals surface area contributed by atoms with Crippen molar-refractivity contribution in [3.8, 4) is 5.75 Å². The number of aliphatic imine (C=N–C) groups is 1. The molecule has 5 nitrogen and oxygen atoms in total. The lowest BCUT2D eigenvalue weighted by molar-refractivity contribution is 0.340. The molecule has 0 amide bonds. The topological polar surface area (TPSA) is 58.9 Å². The van der Waals surface area contributed by atoms with E-state index in [2.05, 4.69) is 20.5 Å². The highest BCUT2D eigenvalue weighted by molar-refractivity contribution is 6.18. The van der Waals surface area contributed by atoms with E-state index in [1.54, 1.807) is 18.5 Å². The number of fused-ring (bicyclic) bond motifs is 1. The van der Waals surface area contributed by atoms with Crippen molar-refractivity contribution >= 4 is 17.2 Å². The maximum Gasteiger partial charge on any atom is 0.155 e. The number of hydrogen-bond acceptors (Lipinski definition) is 5. The zero-order valence-corrected chi connectivity index (χ0v) is 14.7. The van der Waals surface area contributed by atoms with Crippen LogP contribution in [0.2, 0.25) is 0 Å². The van der Waals surface area contributed by atoms with Gasteiger partial charge in [0.05, 0.1) is 12.3 Å². The monoisotopic (exact) mass is 360 g/mol. The number of ether oxygens (including phenoxy) is 1. The number of nitrogens with zero attached hydrogens (tertiary/aromatic N) is 3. The third-order valence-corrected chi connectivity index (χ3v) is 4.09. The summed E-state index contributed by atoms with van der Waals surface area (Å²) >= 11 is 0. The molecule has 2 aromatic carbocycles. The Bertz CT molecular complexity index is 1010. The standard InChI is InChI=1S/C21H17FN4O/c1-2-27-17-8-5-14(6-9-17)20-18-12-16(22)7-10-19(18)24-21(26-25-20)15-4-3-11-23-13-15/h3-13H,2H2,1H3,(H,24,26). The summed E-state index contributed by atoms with van der Waals surface area (Å²) in [6.45, 7) is 2.53. The van der Waals surface area contributed by atoms with Crippen LogP contribution in [0.5, 0.6) is 5.75 Å². The van der Waals surface area contributed by atoms with Crippen molar-refractivity contribution in [2.45, 2.75) is 6.92 Å². The molecule has 1 aromatic heterocycles. The predicted molar refractivity (Wildman–Crippen MR) is 103 cm³/mol. The highest BCUT2D eigenvalue weighted by atomic mass is 19.1. The molecule has 0 fully saturated rings. The lowest BCUT2D eigenvalue weighted by Crippen LogP contribution is -2.19. The van der Waals surface area contributed by atoms with Crippen LogP contribution in [0.15, 0.2) is 77.1 Å². The largest absolute Gasteiger partial charge is 0.494 e. The summed E-state index contributed by atoms with van der Waals surface area (Å²) in [5, 5.41) is 4.51. The highest BCUT2D eigenvalue weighted by Crippen LogP contribution is 2.27. The van der Waals surface area contributed by atoms with E-state index < -0.39 is 0 Å². The van der Waals surface area contributed by atoms with Gasteiger partial charge < -0.3 is 4.74 Å². The predicted octanol–water partition coefficient (Wildman–Crippen LogP) is 4.05. The summed E-state index contributed by atoms with van der Waals surface area (Å²) in [5.74, 6) is 0.986. The minimum absolute atomic E-state index is 0.340. The average molecular weight is 360 g/mol. The van der Waals surface area contributed by atoms with Crippen LogP contribution in [-0.2, 0) is 0 Å². The molecule has 0 aliphatic carbocycles. The molecule has 27 heavy (non-hydrogen) atoms. The van der Waals surface area contributed by atoms with E-state index in [1.807, 2.05) is 43.3 Å². The molecule has 0 radical (unpaired) electrons. The van der Waals surface area contributed by atoms with Gasteiger partial charge in [-0.3, -0.25) is 10.4 Å². The van der Waals surface area contributed by atoms with E-state index in [9.17, 15) is 4.39 Å². The first-order chi connectivity index (χ1) is 13.2. The van der Waals surface area contributed by atoms with Crippen molar-refractivity contribution in [2.75, 3.05) is 6.61 Å². The van der Waals surface area contributed by atoms with Crippen LogP contribution in [0.1, 0.15) is 23.6 Å². The Morgan fingerprint density at radius 1 is 1.04 bits per heavy atom. The van der Waals surface area contributed by atoms with Crippen molar-refractivity contribution in [1.82, 2.24) is 10.4 Å². The number of hydrogen-bond donors (Lipinski definition) is 1. The first kappa shape index (κ1) is 16.9. The number of benzene rings is 2. The lowest BCUT2D eigenvalue weighted by atomic mass is 10.0. The molecule has 134 valence electrons. The second-order valence-electron chi connectivity index (χ2n) is 5.89. The van der Waals surface area contributed by atoms with Crippen LogP contribution in [0, 0.1) is 5.82 Å². The molecule has 0 spiro atoms. The van der Waals surface area contributed by atoms with Crippen LogP contribution in [0.3, 0.4) is 0 Å². The molecule has 0 saturated carbocycles. The average Bonchev–Trinajstić information content (AvgIpc) is 2.89. The third kappa shape index (κ3) is 3.55. The lowest BCUT2D eigenvalue weighted by Gasteiger charge is -2.09. The smallest absolute Gasteiger partial charge is 0.155 e. The molecule has 1 aliphatic rings. The normalized spacial score (nSPS) is 13.0. The van der Waals surface area contributed by atoms with Gasteiger partial charge in [-0.1, -0.05) is 0 Å². The van der Waals surface area contributed by atoms with Gasteiger partial charge in [-0.15, -0.1) is 0 Å². The first-order valence-electron chi connectivity index (χ1n) is 8.60. The van der Waals surface area contributed by atoms with Crippen molar-refractivity contribution in [1.29, 1.82) is 0 Å². The van der Waals surface area contributed by atoms with E-state index >= 15 is 0 Å². The summed E-state index contributed by atoms with van der Waals surface area (Å²) in [7, 11) is 0. The molecular formula is C21H17FN4O. The number of pyridine rings is 1. The maximum atomic E-state index is 13.9. The molecule has 3 aromatic rings. The SMILES string of the molecule is CCOc1ccc(C2=NNC(c3cccnc3)=Nc3ccc(F)cc32)cc1. The van der Waals surface area contributed by atoms with Gasteiger partial charge in [0, 0.05) is 29.1 Å². The van der Waals surface area contributed by atoms with Crippen LogP contribution >= 0.6 is 0 Å². The third-order valence-electron chi connectivity index (χ3n) is 4.09. The Morgan fingerprint density at radius 3 is 2.63 bits per heavy atom. The Labute approximate surface area is 156 Å². The second kappa shape index (κ2) is 7.37. The minimum atomic E-state index is -0.340. The second-order valence-corrected chi connectivity index (χ2v) is 5.89. The van der Waals surface area contributed by atoms with E-state index in [0.29, 0.717) is 29.4 Å². The number of amidine groups is 1. The molecule has 0 saturated heterocycles. The molecule has 1 N–H and O–H groups in total. The molecule has 0 atom stereocenters. The Balaban J connectivity index is 1.80. The molecule has 6 heteroatoms. The maximum absolute atomic E-state index is 13.9.